The van der Waals surface area contributed by atoms with Crippen molar-refractivity contribution >= 4 is 7.92 Å². The molecule has 0 fully saturated rings. The Morgan fingerprint density at radius 2 is 1.38 bits per heavy atom. The maximum absolute atomic E-state index is 2.46. The zero-order valence-corrected chi connectivity index (χ0v) is 10.9. The van der Waals surface area contributed by atoms with Crippen LogP contribution >= 0.6 is 7.92 Å². The van der Waals surface area contributed by atoms with E-state index < -0.39 is 0 Å². The molecule has 0 saturated carbocycles. The van der Waals surface area contributed by atoms with Crippen molar-refractivity contribution in [1.82, 2.24) is 0 Å². The molecule has 13 heavy (non-hydrogen) atoms. The van der Waals surface area contributed by atoms with Crippen molar-refractivity contribution in [2.75, 3.05) is 12.3 Å². The smallest absolute Gasteiger partial charge is 0.0240 e. The van der Waals surface area contributed by atoms with Gasteiger partial charge in [-0.25, -0.2) is 0 Å². The van der Waals surface area contributed by atoms with Crippen molar-refractivity contribution < 1.29 is 0 Å². The molecular weight excluding hydrogens is 175 g/mol. The summed E-state index contributed by atoms with van der Waals surface area (Å²) < 4.78 is 0. The van der Waals surface area contributed by atoms with E-state index in [1.807, 2.05) is 0 Å². The molecule has 0 aliphatic carbocycles. The molecule has 0 aromatic rings. The fourth-order valence-electron chi connectivity index (χ4n) is 1.53. The fourth-order valence-corrected chi connectivity index (χ4v) is 4.60. The van der Waals surface area contributed by atoms with Crippen molar-refractivity contribution in [3.8, 4) is 0 Å². The number of hydrogen-bond acceptors (Lipinski definition) is 0. The second-order valence-corrected chi connectivity index (χ2v) is 6.95. The van der Waals surface area contributed by atoms with Crippen molar-refractivity contribution in [2.24, 2.45) is 0 Å². The molecule has 0 nitrogen and oxygen atoms in total. The average Bonchev–Trinajstić information content (AvgIpc) is 2.17. The highest BCUT2D eigenvalue weighted by atomic mass is 31.1. The lowest BCUT2D eigenvalue weighted by molar-refractivity contribution is 0.830. The normalized spacial score (nSPS) is 13.6. The molecule has 0 amide bonds. The van der Waals surface area contributed by atoms with Crippen molar-refractivity contribution in [3.63, 3.8) is 0 Å². The van der Waals surface area contributed by atoms with Crippen LogP contribution in [0.15, 0.2) is 0 Å². The number of rotatable bonds is 8. The van der Waals surface area contributed by atoms with Crippen LogP contribution in [0.3, 0.4) is 0 Å². The molecule has 0 spiro atoms. The van der Waals surface area contributed by atoms with E-state index in [9.17, 15) is 0 Å². The van der Waals surface area contributed by atoms with Crippen molar-refractivity contribution in [3.05, 3.63) is 0 Å². The first kappa shape index (κ1) is 13.4. The van der Waals surface area contributed by atoms with Crippen LogP contribution in [-0.4, -0.2) is 18.0 Å². The van der Waals surface area contributed by atoms with E-state index in [1.54, 1.807) is 0 Å². The van der Waals surface area contributed by atoms with Crippen LogP contribution < -0.4 is 0 Å². The molecule has 0 N–H and O–H groups in total. The molecule has 0 bridgehead atoms. The molecular formula is C12H27P. The van der Waals surface area contributed by atoms with E-state index in [1.165, 1.54) is 44.4 Å². The molecule has 0 radical (unpaired) electrons. The fraction of sp³-hybridized carbons (Fsp3) is 1.00. The monoisotopic (exact) mass is 202 g/mol. The van der Waals surface area contributed by atoms with Gasteiger partial charge >= 0.3 is 0 Å². The third-order valence-electron chi connectivity index (χ3n) is 2.81. The van der Waals surface area contributed by atoms with E-state index in [4.69, 9.17) is 0 Å². The Hall–Kier alpha value is 0.430. The Labute approximate surface area is 86.3 Å². The molecule has 0 aliphatic heterocycles. The van der Waals surface area contributed by atoms with E-state index in [-0.39, 0.29) is 0 Å². The van der Waals surface area contributed by atoms with Gasteiger partial charge in [0.25, 0.3) is 0 Å². The number of hydrogen-bond donors (Lipinski definition) is 0. The minimum atomic E-state index is 0.366. The first-order valence-corrected chi connectivity index (χ1v) is 7.78. The summed E-state index contributed by atoms with van der Waals surface area (Å²) in [6.07, 6.45) is 10.1. The minimum Gasteiger partial charge on any atom is -0.104 e. The lowest BCUT2D eigenvalue weighted by Crippen LogP contribution is -2.04. The summed E-state index contributed by atoms with van der Waals surface area (Å²) in [6.45, 7) is 9.42. The summed E-state index contributed by atoms with van der Waals surface area (Å²) in [5, 5.41) is 0. The third kappa shape index (κ3) is 6.49. The predicted octanol–water partition coefficient (Wildman–Crippen LogP) is 4.87. The maximum atomic E-state index is 2.46. The van der Waals surface area contributed by atoms with Crippen LogP contribution in [0.1, 0.15) is 59.8 Å². The van der Waals surface area contributed by atoms with Crippen LogP contribution in [0.5, 0.6) is 0 Å². The Morgan fingerprint density at radius 1 is 0.923 bits per heavy atom. The van der Waals surface area contributed by atoms with Crippen LogP contribution in [0, 0.1) is 0 Å². The van der Waals surface area contributed by atoms with Gasteiger partial charge in [0, 0.05) is 0 Å². The van der Waals surface area contributed by atoms with Crippen molar-refractivity contribution in [2.45, 2.75) is 65.5 Å². The molecule has 1 atom stereocenters. The van der Waals surface area contributed by atoms with Gasteiger partial charge in [-0.15, -0.1) is 7.92 Å². The van der Waals surface area contributed by atoms with Gasteiger partial charge in [0.15, 0.2) is 0 Å². The largest absolute Gasteiger partial charge is 0.104 e. The summed E-state index contributed by atoms with van der Waals surface area (Å²) >= 11 is 0. The Morgan fingerprint density at radius 3 is 1.69 bits per heavy atom. The van der Waals surface area contributed by atoms with Gasteiger partial charge in [-0.1, -0.05) is 40.5 Å². The lowest BCUT2D eigenvalue weighted by Gasteiger charge is -2.23. The molecule has 0 aromatic heterocycles. The van der Waals surface area contributed by atoms with Crippen LogP contribution in [0.25, 0.3) is 0 Å². The van der Waals surface area contributed by atoms with Gasteiger partial charge in [0.2, 0.25) is 0 Å². The highest BCUT2D eigenvalue weighted by Gasteiger charge is 2.13. The predicted molar refractivity (Wildman–Crippen MR) is 66.2 cm³/mol. The van der Waals surface area contributed by atoms with E-state index in [2.05, 4.69) is 27.7 Å². The van der Waals surface area contributed by atoms with Gasteiger partial charge in [-0.3, -0.25) is 0 Å². The topological polar surface area (TPSA) is 0 Å². The highest BCUT2D eigenvalue weighted by molar-refractivity contribution is 7.58. The van der Waals surface area contributed by atoms with E-state index >= 15 is 0 Å². The lowest BCUT2D eigenvalue weighted by atomic mass is 10.4. The Kier molecular flexibility index (Phi) is 9.30. The molecule has 0 rings (SSSR count). The second kappa shape index (κ2) is 9.00. The average molecular weight is 202 g/mol. The Bertz CT molecular complexity index is 93.3. The maximum Gasteiger partial charge on any atom is -0.0240 e. The zero-order valence-electron chi connectivity index (χ0n) is 9.97. The quantitative estimate of drug-likeness (QED) is 0.493. The highest BCUT2D eigenvalue weighted by Crippen LogP contribution is 2.44. The SMILES string of the molecule is CCCCP(CCCC)C(C)CC. The van der Waals surface area contributed by atoms with Crippen LogP contribution in [0.4, 0.5) is 0 Å². The van der Waals surface area contributed by atoms with Crippen LogP contribution in [0.2, 0.25) is 0 Å². The molecule has 80 valence electrons. The van der Waals surface area contributed by atoms with Gasteiger partial charge < -0.3 is 0 Å². The molecule has 0 saturated heterocycles. The Balaban J connectivity index is 3.72. The van der Waals surface area contributed by atoms with Crippen LogP contribution in [-0.2, 0) is 0 Å². The van der Waals surface area contributed by atoms with Gasteiger partial charge in [0.1, 0.15) is 0 Å². The molecule has 0 heterocycles. The van der Waals surface area contributed by atoms with Crippen molar-refractivity contribution in [1.29, 1.82) is 0 Å². The summed E-state index contributed by atoms with van der Waals surface area (Å²) in [6, 6.07) is 0. The first-order valence-electron chi connectivity index (χ1n) is 6.00. The summed E-state index contributed by atoms with van der Waals surface area (Å²) in [4.78, 5) is 0. The van der Waals surface area contributed by atoms with Gasteiger partial charge in [-0.05, 0) is 37.2 Å². The molecule has 0 aromatic carbocycles. The first-order chi connectivity index (χ1) is 6.26. The van der Waals surface area contributed by atoms with Gasteiger partial charge in [-0.2, -0.15) is 0 Å². The number of unbranched alkanes of at least 4 members (excludes halogenated alkanes) is 2. The molecule has 0 aliphatic rings. The van der Waals surface area contributed by atoms with E-state index in [0.717, 1.165) is 5.66 Å². The summed E-state index contributed by atoms with van der Waals surface area (Å²) in [5.41, 5.74) is 1.01. The zero-order chi connectivity index (χ0) is 10.1. The standard InChI is InChI=1S/C12H27P/c1-5-8-10-13(11-9-6-2)12(4)7-3/h12H,5-11H2,1-4H3. The minimum absolute atomic E-state index is 0.366. The second-order valence-electron chi connectivity index (χ2n) is 4.00. The summed E-state index contributed by atoms with van der Waals surface area (Å²) in [7, 11) is 0.366. The third-order valence-corrected chi connectivity index (χ3v) is 6.21. The molecule has 1 unspecified atom stereocenters. The van der Waals surface area contributed by atoms with E-state index in [0.29, 0.717) is 7.92 Å². The summed E-state index contributed by atoms with van der Waals surface area (Å²) in [5.74, 6) is 0. The van der Waals surface area contributed by atoms with Gasteiger partial charge in [0.05, 0.1) is 0 Å². The molecule has 1 heteroatoms.